The third-order valence-corrected chi connectivity index (χ3v) is 7.34. The zero-order valence-electron chi connectivity index (χ0n) is 11.3. The van der Waals surface area contributed by atoms with Crippen molar-refractivity contribution in [2.75, 3.05) is 14.1 Å². The van der Waals surface area contributed by atoms with Gasteiger partial charge in [-0.05, 0) is 39.1 Å². The molecule has 0 N–H and O–H groups in total. The molecule has 0 fully saturated rings. The fraction of sp³-hybridized carbons (Fsp3) is 0.846. The summed E-state index contributed by atoms with van der Waals surface area (Å²) >= 11 is 0. The lowest BCUT2D eigenvalue weighted by Gasteiger charge is -2.30. The molecule has 0 radical (unpaired) electrons. The van der Waals surface area contributed by atoms with E-state index >= 15 is 0 Å². The van der Waals surface area contributed by atoms with Crippen molar-refractivity contribution >= 4 is 8.80 Å². The molecule has 1 nitrogen and oxygen atoms in total. The van der Waals surface area contributed by atoms with Crippen LogP contribution in [-0.2, 0) is 0 Å². The van der Waals surface area contributed by atoms with Gasteiger partial charge in [-0.1, -0.05) is 44.9 Å². The first kappa shape index (κ1) is 14.9. The monoisotopic (exact) mass is 227 g/mol. The van der Waals surface area contributed by atoms with Gasteiger partial charge in [0.15, 0.2) is 0 Å². The normalized spacial score (nSPS) is 16.1. The smallest absolute Gasteiger partial charge is 0.0606 e. The van der Waals surface area contributed by atoms with Gasteiger partial charge in [-0.15, -0.1) is 0 Å². The van der Waals surface area contributed by atoms with E-state index in [1.54, 1.807) is 0 Å². The van der Waals surface area contributed by atoms with Gasteiger partial charge in [-0.2, -0.15) is 0 Å². The van der Waals surface area contributed by atoms with Crippen LogP contribution in [0.1, 0.15) is 40.0 Å². The summed E-state index contributed by atoms with van der Waals surface area (Å²) in [6.45, 7) is 6.78. The quantitative estimate of drug-likeness (QED) is 0.453. The van der Waals surface area contributed by atoms with E-state index in [9.17, 15) is 0 Å². The summed E-state index contributed by atoms with van der Waals surface area (Å²) in [5, 5.41) is 0. The fourth-order valence-corrected chi connectivity index (χ4v) is 6.31. The summed E-state index contributed by atoms with van der Waals surface area (Å²) in [7, 11) is 3.91. The molecule has 0 bridgehead atoms. The third-order valence-electron chi connectivity index (χ3n) is 3.13. The summed E-state index contributed by atoms with van der Waals surface area (Å²) in [6, 6.07) is 2.88. The Bertz CT molecular complexity index is 166. The molecule has 0 aliphatic heterocycles. The minimum atomic E-state index is -0.603. The van der Waals surface area contributed by atoms with Crippen LogP contribution >= 0.6 is 0 Å². The topological polar surface area (TPSA) is 3.24 Å². The molecule has 0 saturated carbocycles. The number of hydrogen-bond donors (Lipinski definition) is 0. The van der Waals surface area contributed by atoms with Gasteiger partial charge in [0, 0.05) is 0 Å². The van der Waals surface area contributed by atoms with Crippen LogP contribution in [0.2, 0.25) is 12.1 Å². The van der Waals surface area contributed by atoms with Crippen molar-refractivity contribution in [1.82, 2.24) is 4.90 Å². The first-order chi connectivity index (χ1) is 7.17. The van der Waals surface area contributed by atoms with Gasteiger partial charge < -0.3 is 4.90 Å². The van der Waals surface area contributed by atoms with Crippen LogP contribution < -0.4 is 0 Å². The molecule has 0 aliphatic rings. The van der Waals surface area contributed by atoms with Crippen LogP contribution in [0.25, 0.3) is 0 Å². The second kappa shape index (κ2) is 9.17. The van der Waals surface area contributed by atoms with Crippen molar-refractivity contribution < 1.29 is 0 Å². The molecule has 0 aliphatic carbocycles. The van der Waals surface area contributed by atoms with Crippen molar-refractivity contribution in [2.45, 2.75) is 57.8 Å². The highest BCUT2D eigenvalue weighted by Gasteiger charge is 2.22. The lowest BCUT2D eigenvalue weighted by molar-refractivity contribution is 0.348. The highest BCUT2D eigenvalue weighted by molar-refractivity contribution is 6.61. The first-order valence-electron chi connectivity index (χ1n) is 6.44. The summed E-state index contributed by atoms with van der Waals surface area (Å²) < 4.78 is 0. The molecule has 0 aromatic carbocycles. The predicted octanol–water partition coefficient (Wildman–Crippen LogP) is 3.47. The Balaban J connectivity index is 4.36. The van der Waals surface area contributed by atoms with Crippen molar-refractivity contribution in [2.24, 2.45) is 0 Å². The van der Waals surface area contributed by atoms with Gasteiger partial charge in [0.25, 0.3) is 0 Å². The molecule has 0 heterocycles. The SMILES string of the molecule is C/C=C/C[SiH](CCC)C(CCC)N(C)C. The van der Waals surface area contributed by atoms with E-state index in [1.807, 2.05) is 0 Å². The molecule has 2 heteroatoms. The highest BCUT2D eigenvalue weighted by Crippen LogP contribution is 2.16. The maximum Gasteiger partial charge on any atom is 0.0606 e. The lowest BCUT2D eigenvalue weighted by Crippen LogP contribution is -2.41. The van der Waals surface area contributed by atoms with Crippen LogP contribution in [-0.4, -0.2) is 33.5 Å². The molecule has 2 unspecified atom stereocenters. The molecule has 2 atom stereocenters. The molecule has 0 spiro atoms. The molecule has 90 valence electrons. The Hall–Kier alpha value is -0.0831. The third kappa shape index (κ3) is 6.16. The Morgan fingerprint density at radius 3 is 2.27 bits per heavy atom. The average molecular weight is 227 g/mol. The summed E-state index contributed by atoms with van der Waals surface area (Å²) in [5.74, 6) is 0. The first-order valence-corrected chi connectivity index (χ1v) is 8.74. The lowest BCUT2D eigenvalue weighted by atomic mass is 10.3. The number of rotatable bonds is 8. The molecule has 0 saturated heterocycles. The maximum atomic E-state index is 2.47. The Kier molecular flexibility index (Phi) is 9.11. The van der Waals surface area contributed by atoms with E-state index in [1.165, 1.54) is 31.4 Å². The fourth-order valence-electron chi connectivity index (χ4n) is 2.36. The molecule has 0 amide bonds. The minimum Gasteiger partial charge on any atom is -0.310 e. The largest absolute Gasteiger partial charge is 0.310 e. The molecule has 0 aromatic heterocycles. The maximum absolute atomic E-state index is 2.47. The number of allylic oxidation sites excluding steroid dienone is 2. The van der Waals surface area contributed by atoms with Gasteiger partial charge in [0.2, 0.25) is 0 Å². The molecule has 15 heavy (non-hydrogen) atoms. The van der Waals surface area contributed by atoms with Crippen LogP contribution in [0.5, 0.6) is 0 Å². The molecular formula is C13H29NSi. The number of hydrogen-bond acceptors (Lipinski definition) is 1. The summed E-state index contributed by atoms with van der Waals surface area (Å²) in [6.07, 6.45) is 8.68. The van der Waals surface area contributed by atoms with Crippen LogP contribution in [0, 0.1) is 0 Å². The van der Waals surface area contributed by atoms with Crippen LogP contribution in [0.15, 0.2) is 12.2 Å². The van der Waals surface area contributed by atoms with E-state index in [0.29, 0.717) is 0 Å². The van der Waals surface area contributed by atoms with E-state index in [2.05, 4.69) is 51.9 Å². The zero-order valence-corrected chi connectivity index (χ0v) is 12.4. The van der Waals surface area contributed by atoms with Crippen LogP contribution in [0.4, 0.5) is 0 Å². The Labute approximate surface area is 98.2 Å². The standard InChI is InChI=1S/C13H29NSi/c1-6-9-12-15(11-8-3)13(10-7-2)14(4)5/h6,9,13,15H,7-8,10-12H2,1-5H3/b9-6+. The Morgan fingerprint density at radius 1 is 1.20 bits per heavy atom. The second-order valence-electron chi connectivity index (χ2n) is 4.67. The summed E-state index contributed by atoms with van der Waals surface area (Å²) in [5.41, 5.74) is 0.895. The second-order valence-corrected chi connectivity index (χ2v) is 8.01. The van der Waals surface area contributed by atoms with Crippen molar-refractivity contribution in [3.63, 3.8) is 0 Å². The zero-order chi connectivity index (χ0) is 11.7. The van der Waals surface area contributed by atoms with Gasteiger partial charge in [-0.25, -0.2) is 0 Å². The van der Waals surface area contributed by atoms with E-state index in [4.69, 9.17) is 0 Å². The highest BCUT2D eigenvalue weighted by atomic mass is 28.3. The van der Waals surface area contributed by atoms with Gasteiger partial charge >= 0.3 is 0 Å². The molecule has 0 rings (SSSR count). The van der Waals surface area contributed by atoms with Crippen molar-refractivity contribution in [3.05, 3.63) is 12.2 Å². The van der Waals surface area contributed by atoms with E-state index in [-0.39, 0.29) is 0 Å². The van der Waals surface area contributed by atoms with Gasteiger partial charge in [0.05, 0.1) is 8.80 Å². The summed E-state index contributed by atoms with van der Waals surface area (Å²) in [4.78, 5) is 2.47. The average Bonchev–Trinajstić information content (AvgIpc) is 2.21. The van der Waals surface area contributed by atoms with Gasteiger partial charge in [0.1, 0.15) is 0 Å². The van der Waals surface area contributed by atoms with E-state index < -0.39 is 8.80 Å². The van der Waals surface area contributed by atoms with Crippen LogP contribution in [0.3, 0.4) is 0 Å². The van der Waals surface area contributed by atoms with Gasteiger partial charge in [-0.3, -0.25) is 0 Å². The predicted molar refractivity (Wildman–Crippen MR) is 74.3 cm³/mol. The number of nitrogens with zero attached hydrogens (tertiary/aromatic N) is 1. The molecule has 0 aromatic rings. The Morgan fingerprint density at radius 2 is 1.87 bits per heavy atom. The van der Waals surface area contributed by atoms with E-state index in [0.717, 1.165) is 5.67 Å². The molecular weight excluding hydrogens is 198 g/mol. The minimum absolute atomic E-state index is 0.603. The van der Waals surface area contributed by atoms with Crippen molar-refractivity contribution in [3.8, 4) is 0 Å². The van der Waals surface area contributed by atoms with Crippen molar-refractivity contribution in [1.29, 1.82) is 0 Å².